The van der Waals surface area contributed by atoms with Gasteiger partial charge >= 0.3 is 0 Å². The molecular formula is C22H18Cl2N6O. The van der Waals surface area contributed by atoms with Crippen LogP contribution in [0.2, 0.25) is 10.0 Å². The van der Waals surface area contributed by atoms with Crippen LogP contribution in [0.3, 0.4) is 0 Å². The van der Waals surface area contributed by atoms with Gasteiger partial charge in [0.1, 0.15) is 17.5 Å². The smallest absolute Gasteiger partial charge is 0.159 e. The zero-order chi connectivity index (χ0) is 21.5. The lowest BCUT2D eigenvalue weighted by Gasteiger charge is -2.17. The van der Waals surface area contributed by atoms with Crippen LogP contribution >= 0.6 is 23.2 Å². The Morgan fingerprint density at radius 1 is 1.03 bits per heavy atom. The molecule has 5 aromatic rings. The molecule has 2 aromatic carbocycles. The first kappa shape index (κ1) is 19.7. The molecule has 0 spiro atoms. The van der Waals surface area contributed by atoms with Gasteiger partial charge in [-0.05, 0) is 43.3 Å². The van der Waals surface area contributed by atoms with E-state index in [-0.39, 0.29) is 6.10 Å². The fourth-order valence-electron chi connectivity index (χ4n) is 3.60. The van der Waals surface area contributed by atoms with Gasteiger partial charge in [0.2, 0.25) is 0 Å². The summed E-state index contributed by atoms with van der Waals surface area (Å²) in [6.45, 7) is 1.90. The van der Waals surface area contributed by atoms with Crippen molar-refractivity contribution < 1.29 is 4.74 Å². The minimum Gasteiger partial charge on any atom is -0.486 e. The van der Waals surface area contributed by atoms with Crippen LogP contribution in [0.25, 0.3) is 33.5 Å². The van der Waals surface area contributed by atoms with E-state index in [1.165, 1.54) is 0 Å². The third-order valence-corrected chi connectivity index (χ3v) is 5.74. The number of benzene rings is 2. The molecule has 0 bridgehead atoms. The van der Waals surface area contributed by atoms with Gasteiger partial charge in [0.15, 0.2) is 5.82 Å². The van der Waals surface area contributed by atoms with Gasteiger partial charge in [-0.2, -0.15) is 5.10 Å². The van der Waals surface area contributed by atoms with Crippen LogP contribution in [0, 0.1) is 0 Å². The van der Waals surface area contributed by atoms with Crippen molar-refractivity contribution in [3.05, 3.63) is 64.4 Å². The number of anilines is 1. The highest BCUT2D eigenvalue weighted by Crippen LogP contribution is 2.34. The first-order valence-electron chi connectivity index (χ1n) is 9.65. The number of H-pyrrole nitrogens is 2. The van der Waals surface area contributed by atoms with Crippen LogP contribution < -0.4 is 10.1 Å². The molecule has 0 saturated heterocycles. The molecule has 31 heavy (non-hydrogen) atoms. The van der Waals surface area contributed by atoms with Gasteiger partial charge < -0.3 is 15.0 Å². The lowest BCUT2D eigenvalue weighted by molar-refractivity contribution is 0.227. The maximum Gasteiger partial charge on any atom is 0.159 e. The van der Waals surface area contributed by atoms with Crippen molar-refractivity contribution in [3.63, 3.8) is 0 Å². The predicted octanol–water partition coefficient (Wildman–Crippen LogP) is 5.99. The number of imidazole rings is 1. The fraction of sp³-hybridized carbons (Fsp3) is 0.136. The Balaban J connectivity index is 1.51. The van der Waals surface area contributed by atoms with Crippen molar-refractivity contribution in [1.82, 2.24) is 25.1 Å². The highest BCUT2D eigenvalue weighted by molar-refractivity contribution is 6.35. The summed E-state index contributed by atoms with van der Waals surface area (Å²) in [5.74, 6) is 1.35. The van der Waals surface area contributed by atoms with Gasteiger partial charge in [-0.3, -0.25) is 10.1 Å². The summed E-state index contributed by atoms with van der Waals surface area (Å²) in [6, 6.07) is 11.7. The molecule has 0 aliphatic carbocycles. The summed E-state index contributed by atoms with van der Waals surface area (Å²) in [5.41, 5.74) is 5.10. The Morgan fingerprint density at radius 3 is 2.61 bits per heavy atom. The number of pyridine rings is 1. The summed E-state index contributed by atoms with van der Waals surface area (Å²) in [5, 5.41) is 12.5. The second kappa shape index (κ2) is 7.76. The molecule has 156 valence electrons. The Morgan fingerprint density at radius 2 is 1.84 bits per heavy atom. The summed E-state index contributed by atoms with van der Waals surface area (Å²) in [4.78, 5) is 12.0. The SMILES string of the molecule is CNc1ccc2nc(-c3n[nH]c4ccc(OC(C)c5c(Cl)cncc5Cl)cc34)[nH]c2c1. The van der Waals surface area contributed by atoms with Crippen molar-refractivity contribution in [2.24, 2.45) is 0 Å². The largest absolute Gasteiger partial charge is 0.486 e. The van der Waals surface area contributed by atoms with Crippen LogP contribution in [0.4, 0.5) is 5.69 Å². The van der Waals surface area contributed by atoms with Crippen LogP contribution in [-0.2, 0) is 0 Å². The molecule has 3 N–H and O–H groups in total. The van der Waals surface area contributed by atoms with Gasteiger partial charge in [0.05, 0.1) is 26.6 Å². The highest BCUT2D eigenvalue weighted by Gasteiger charge is 2.18. The number of hydrogen-bond donors (Lipinski definition) is 3. The van der Waals surface area contributed by atoms with Crippen LogP contribution in [0.15, 0.2) is 48.8 Å². The molecule has 0 fully saturated rings. The topological polar surface area (TPSA) is 91.5 Å². The maximum atomic E-state index is 6.27. The number of halogens is 2. The molecular weight excluding hydrogens is 435 g/mol. The molecule has 7 nitrogen and oxygen atoms in total. The summed E-state index contributed by atoms with van der Waals surface area (Å²) in [6.07, 6.45) is 2.75. The molecule has 0 aliphatic rings. The van der Waals surface area contributed by atoms with E-state index < -0.39 is 0 Å². The molecule has 0 radical (unpaired) electrons. The minimum absolute atomic E-state index is 0.359. The number of nitrogens with zero attached hydrogens (tertiary/aromatic N) is 3. The van der Waals surface area contributed by atoms with Crippen LogP contribution in [-0.4, -0.2) is 32.2 Å². The number of hydrogen-bond acceptors (Lipinski definition) is 5. The molecule has 0 amide bonds. The lowest BCUT2D eigenvalue weighted by Crippen LogP contribution is -2.05. The Labute approximate surface area is 187 Å². The number of aromatic amines is 2. The van der Waals surface area contributed by atoms with E-state index in [2.05, 4.69) is 25.5 Å². The highest BCUT2D eigenvalue weighted by atomic mass is 35.5. The summed E-state index contributed by atoms with van der Waals surface area (Å²) >= 11 is 12.5. The molecule has 1 unspecified atom stereocenters. The number of rotatable bonds is 5. The minimum atomic E-state index is -0.359. The van der Waals surface area contributed by atoms with E-state index in [1.54, 1.807) is 12.4 Å². The standard InChI is InChI=1S/C22H18Cl2N6O/c1-11(20-15(23)9-26-10-16(20)24)31-13-4-6-17-14(8-13)21(30-29-17)22-27-18-5-3-12(25-2)7-19(18)28-22/h3-11,25H,1-2H3,(H,27,28)(H,29,30). The predicted molar refractivity (Wildman–Crippen MR) is 124 cm³/mol. The Kier molecular flexibility index (Phi) is 4.92. The van der Waals surface area contributed by atoms with E-state index in [9.17, 15) is 0 Å². The van der Waals surface area contributed by atoms with E-state index in [0.717, 1.165) is 33.3 Å². The first-order chi connectivity index (χ1) is 15.0. The van der Waals surface area contributed by atoms with Crippen molar-refractivity contribution >= 4 is 50.8 Å². The van der Waals surface area contributed by atoms with Crippen molar-refractivity contribution in [2.45, 2.75) is 13.0 Å². The van der Waals surface area contributed by atoms with Gasteiger partial charge in [0, 0.05) is 36.1 Å². The molecule has 0 aliphatic heterocycles. The Hall–Kier alpha value is -3.29. The fourth-order valence-corrected chi connectivity index (χ4v) is 4.27. The quantitative estimate of drug-likeness (QED) is 0.304. The molecule has 9 heteroatoms. The third kappa shape index (κ3) is 3.56. The number of fused-ring (bicyclic) bond motifs is 2. The number of nitrogens with one attached hydrogen (secondary N) is 3. The van der Waals surface area contributed by atoms with Crippen molar-refractivity contribution in [2.75, 3.05) is 12.4 Å². The lowest BCUT2D eigenvalue weighted by atomic mass is 10.1. The zero-order valence-electron chi connectivity index (χ0n) is 16.7. The Bertz CT molecular complexity index is 1390. The molecule has 3 aromatic heterocycles. The van der Waals surface area contributed by atoms with E-state index in [0.29, 0.717) is 27.2 Å². The summed E-state index contributed by atoms with van der Waals surface area (Å²) < 4.78 is 6.14. The van der Waals surface area contributed by atoms with Gasteiger partial charge in [-0.15, -0.1) is 0 Å². The first-order valence-corrected chi connectivity index (χ1v) is 10.4. The van der Waals surface area contributed by atoms with Gasteiger partial charge in [0.25, 0.3) is 0 Å². The molecule has 1 atom stereocenters. The van der Waals surface area contributed by atoms with Crippen molar-refractivity contribution in [3.8, 4) is 17.3 Å². The number of ether oxygens (including phenoxy) is 1. The second-order valence-electron chi connectivity index (χ2n) is 7.12. The van der Waals surface area contributed by atoms with Gasteiger partial charge in [-0.1, -0.05) is 23.2 Å². The monoisotopic (exact) mass is 452 g/mol. The molecule has 0 saturated carbocycles. The van der Waals surface area contributed by atoms with Crippen LogP contribution in [0.1, 0.15) is 18.6 Å². The normalized spacial score (nSPS) is 12.4. The number of aromatic nitrogens is 5. The third-order valence-electron chi connectivity index (χ3n) is 5.14. The molecule has 3 heterocycles. The van der Waals surface area contributed by atoms with E-state index in [1.807, 2.05) is 50.4 Å². The van der Waals surface area contributed by atoms with E-state index in [4.69, 9.17) is 32.9 Å². The van der Waals surface area contributed by atoms with Crippen LogP contribution in [0.5, 0.6) is 5.75 Å². The average Bonchev–Trinajstić information content (AvgIpc) is 3.36. The second-order valence-corrected chi connectivity index (χ2v) is 7.94. The van der Waals surface area contributed by atoms with Gasteiger partial charge in [-0.25, -0.2) is 4.98 Å². The van der Waals surface area contributed by atoms with Crippen molar-refractivity contribution in [1.29, 1.82) is 0 Å². The maximum absolute atomic E-state index is 6.27. The average molecular weight is 453 g/mol. The zero-order valence-corrected chi connectivity index (χ0v) is 18.2. The molecule has 5 rings (SSSR count). The van der Waals surface area contributed by atoms with E-state index >= 15 is 0 Å². The summed E-state index contributed by atoms with van der Waals surface area (Å²) in [7, 11) is 1.88.